The number of rotatable bonds is 6. The highest BCUT2D eigenvalue weighted by Gasteiger charge is 2.49. The van der Waals surface area contributed by atoms with Gasteiger partial charge in [0, 0.05) is 32.7 Å². The van der Waals surface area contributed by atoms with Crippen molar-refractivity contribution < 1.29 is 18.3 Å². The Morgan fingerprint density at radius 2 is 1.65 bits per heavy atom. The smallest absolute Gasteiger partial charge is 0.238 e. The molecule has 2 saturated heterocycles. The first-order valence-corrected chi connectivity index (χ1v) is 11.1. The lowest BCUT2D eigenvalue weighted by atomic mass is 9.65. The fourth-order valence-corrected chi connectivity index (χ4v) is 5.12. The molecule has 1 amide bonds. The maximum Gasteiger partial charge on any atom is 0.238 e. The molecule has 2 aliphatic heterocycles. The van der Waals surface area contributed by atoms with Crippen LogP contribution >= 0.6 is 0 Å². The zero-order valence-corrected chi connectivity index (χ0v) is 18.0. The number of hydrogen-bond donors (Lipinski definition) is 0. The zero-order valence-electron chi connectivity index (χ0n) is 18.0. The molecule has 2 atom stereocenters. The van der Waals surface area contributed by atoms with Gasteiger partial charge in [-0.1, -0.05) is 31.2 Å². The quantitative estimate of drug-likeness (QED) is 0.701. The van der Waals surface area contributed by atoms with Gasteiger partial charge < -0.3 is 9.64 Å². The molecule has 0 spiro atoms. The monoisotopic (exact) mass is 428 g/mol. The van der Waals surface area contributed by atoms with Crippen molar-refractivity contribution in [1.29, 1.82) is 0 Å². The van der Waals surface area contributed by atoms with E-state index in [4.69, 9.17) is 4.74 Å². The van der Waals surface area contributed by atoms with Gasteiger partial charge in [-0.15, -0.1) is 0 Å². The predicted octanol–water partition coefficient (Wildman–Crippen LogP) is 3.84. The van der Waals surface area contributed by atoms with Gasteiger partial charge in [0.1, 0.15) is 17.0 Å². The molecule has 2 aliphatic rings. The lowest BCUT2D eigenvalue weighted by Gasteiger charge is -2.43. The number of carbonyl (C=O) groups excluding carboxylic acids is 1. The topological polar surface area (TPSA) is 32.8 Å². The maximum atomic E-state index is 14.4. The highest BCUT2D eigenvalue weighted by molar-refractivity contribution is 5.93. The molecule has 2 aromatic carbocycles. The molecule has 4 rings (SSSR count). The molecular formula is C25H30F2N2O2. The van der Waals surface area contributed by atoms with Crippen molar-refractivity contribution in [3.8, 4) is 0 Å². The average Bonchev–Trinajstić information content (AvgIpc) is 3.31. The van der Waals surface area contributed by atoms with Crippen molar-refractivity contribution in [1.82, 2.24) is 9.80 Å². The molecule has 2 fully saturated rings. The summed E-state index contributed by atoms with van der Waals surface area (Å²) in [5.41, 5.74) is 0.229. The summed E-state index contributed by atoms with van der Waals surface area (Å²) in [5, 5.41) is 0. The van der Waals surface area contributed by atoms with Gasteiger partial charge in [-0.2, -0.15) is 0 Å². The van der Waals surface area contributed by atoms with Crippen LogP contribution in [0.4, 0.5) is 8.78 Å². The summed E-state index contributed by atoms with van der Waals surface area (Å²) in [4.78, 5) is 18.4. The van der Waals surface area contributed by atoms with E-state index in [1.807, 2.05) is 11.0 Å². The van der Waals surface area contributed by atoms with Crippen LogP contribution in [0.5, 0.6) is 0 Å². The molecule has 0 saturated carbocycles. The molecule has 0 aromatic heterocycles. The summed E-state index contributed by atoms with van der Waals surface area (Å²) < 4.78 is 33.8. The third-order valence-electron chi connectivity index (χ3n) is 6.69. The van der Waals surface area contributed by atoms with Gasteiger partial charge >= 0.3 is 0 Å². The van der Waals surface area contributed by atoms with E-state index in [2.05, 4.69) is 11.8 Å². The summed E-state index contributed by atoms with van der Waals surface area (Å²) in [6, 6.07) is 12.5. The second kappa shape index (κ2) is 9.45. The first-order valence-electron chi connectivity index (χ1n) is 11.1. The van der Waals surface area contributed by atoms with E-state index in [0.717, 1.165) is 25.9 Å². The van der Waals surface area contributed by atoms with Gasteiger partial charge in [0.05, 0.1) is 13.2 Å². The molecule has 2 heterocycles. The van der Waals surface area contributed by atoms with E-state index in [9.17, 15) is 13.6 Å². The minimum absolute atomic E-state index is 0.0250. The molecule has 0 N–H and O–H groups in total. The fraction of sp³-hybridized carbons (Fsp3) is 0.480. The highest BCUT2D eigenvalue weighted by atomic mass is 19.1. The number of nitrogens with zero attached hydrogens (tertiary/aromatic N) is 2. The van der Waals surface area contributed by atoms with E-state index in [1.54, 1.807) is 18.2 Å². The molecule has 0 aliphatic carbocycles. The first-order chi connectivity index (χ1) is 15.0. The number of halogens is 2. The van der Waals surface area contributed by atoms with E-state index in [0.29, 0.717) is 44.0 Å². The van der Waals surface area contributed by atoms with Crippen molar-refractivity contribution >= 4 is 5.91 Å². The zero-order chi connectivity index (χ0) is 21.8. The Bertz CT molecular complexity index is 893. The maximum absolute atomic E-state index is 14.4. The van der Waals surface area contributed by atoms with Gasteiger partial charge in [-0.25, -0.2) is 8.78 Å². The van der Waals surface area contributed by atoms with Gasteiger partial charge in [-0.3, -0.25) is 9.69 Å². The van der Waals surface area contributed by atoms with Gasteiger partial charge in [0.25, 0.3) is 0 Å². The normalized spacial score (nSPS) is 20.4. The minimum atomic E-state index is -1.10. The van der Waals surface area contributed by atoms with Crippen LogP contribution in [0.15, 0.2) is 48.5 Å². The van der Waals surface area contributed by atoms with Crippen LogP contribution in [-0.2, 0) is 14.9 Å². The molecule has 0 radical (unpaired) electrons. The molecule has 2 aromatic rings. The summed E-state index contributed by atoms with van der Waals surface area (Å²) in [5.74, 6) is -0.919. The molecule has 4 nitrogen and oxygen atoms in total. The van der Waals surface area contributed by atoms with Crippen molar-refractivity contribution in [3.05, 3.63) is 71.3 Å². The van der Waals surface area contributed by atoms with Crippen LogP contribution in [0.1, 0.15) is 30.9 Å². The number of benzene rings is 2. The van der Waals surface area contributed by atoms with Crippen LogP contribution in [0, 0.1) is 17.6 Å². The molecule has 166 valence electrons. The SMILES string of the molecule is C[C@H](CN1CCOCC1)C(C(=O)N1CCCC1)(c1ccc(F)cc1)c1cccc(F)c1. The second-order valence-electron chi connectivity index (χ2n) is 8.64. The Labute approximate surface area is 182 Å². The van der Waals surface area contributed by atoms with Crippen molar-refractivity contribution in [2.75, 3.05) is 45.9 Å². The van der Waals surface area contributed by atoms with E-state index in [-0.39, 0.29) is 23.5 Å². The number of ether oxygens (including phenoxy) is 1. The summed E-state index contributed by atoms with van der Waals surface area (Å²) in [6.45, 7) is 7.03. The molecular weight excluding hydrogens is 398 g/mol. The fourth-order valence-electron chi connectivity index (χ4n) is 5.12. The van der Waals surface area contributed by atoms with Gasteiger partial charge in [0.15, 0.2) is 0 Å². The number of hydrogen-bond acceptors (Lipinski definition) is 3. The van der Waals surface area contributed by atoms with Crippen molar-refractivity contribution in [2.24, 2.45) is 5.92 Å². The molecule has 1 unspecified atom stereocenters. The summed E-state index contributed by atoms with van der Waals surface area (Å²) >= 11 is 0. The van der Waals surface area contributed by atoms with Gasteiger partial charge in [0.2, 0.25) is 5.91 Å². The Kier molecular flexibility index (Phi) is 6.68. The van der Waals surface area contributed by atoms with E-state index < -0.39 is 5.41 Å². The van der Waals surface area contributed by atoms with Crippen molar-refractivity contribution in [3.63, 3.8) is 0 Å². The molecule has 6 heteroatoms. The van der Waals surface area contributed by atoms with Crippen LogP contribution in [-0.4, -0.2) is 61.6 Å². The highest BCUT2D eigenvalue weighted by Crippen LogP contribution is 2.43. The minimum Gasteiger partial charge on any atom is -0.379 e. The number of morpholine rings is 1. The summed E-state index contributed by atoms with van der Waals surface area (Å²) in [6.07, 6.45) is 1.93. The standard InChI is InChI=1S/C25H30F2N2O2/c1-19(18-28-13-15-31-16-14-28)25(20-7-9-22(26)10-8-20,21-5-4-6-23(27)17-21)24(30)29-11-2-3-12-29/h4-10,17,19H,2-3,11-16,18H2,1H3/t19-,25?/m1/s1. The average molecular weight is 429 g/mol. The van der Waals surface area contributed by atoms with Crippen LogP contribution in [0.3, 0.4) is 0 Å². The lowest BCUT2D eigenvalue weighted by molar-refractivity contribution is -0.137. The number of likely N-dealkylation sites (tertiary alicyclic amines) is 1. The third kappa shape index (κ3) is 4.37. The van der Waals surface area contributed by atoms with Crippen molar-refractivity contribution in [2.45, 2.75) is 25.2 Å². The number of amides is 1. The molecule has 0 bridgehead atoms. The van der Waals surface area contributed by atoms with E-state index >= 15 is 0 Å². The van der Waals surface area contributed by atoms with Crippen LogP contribution in [0.25, 0.3) is 0 Å². The second-order valence-corrected chi connectivity index (χ2v) is 8.64. The predicted molar refractivity (Wildman–Crippen MR) is 116 cm³/mol. The van der Waals surface area contributed by atoms with Crippen LogP contribution in [0.2, 0.25) is 0 Å². The Balaban J connectivity index is 1.86. The molecule has 31 heavy (non-hydrogen) atoms. The Hall–Kier alpha value is -2.31. The van der Waals surface area contributed by atoms with Gasteiger partial charge in [-0.05, 0) is 54.2 Å². The number of carbonyl (C=O) groups is 1. The largest absolute Gasteiger partial charge is 0.379 e. The Morgan fingerprint density at radius 1 is 0.968 bits per heavy atom. The third-order valence-corrected chi connectivity index (χ3v) is 6.69. The van der Waals surface area contributed by atoms with Crippen LogP contribution < -0.4 is 0 Å². The summed E-state index contributed by atoms with van der Waals surface area (Å²) in [7, 11) is 0. The van der Waals surface area contributed by atoms with E-state index in [1.165, 1.54) is 24.3 Å². The Morgan fingerprint density at radius 3 is 2.29 bits per heavy atom. The lowest BCUT2D eigenvalue weighted by Crippen LogP contribution is -2.54. The first kappa shape index (κ1) is 21.9.